The molecule has 1 fully saturated rings. The van der Waals surface area contributed by atoms with Gasteiger partial charge in [0.15, 0.2) is 0 Å². The summed E-state index contributed by atoms with van der Waals surface area (Å²) in [7, 11) is 0. The summed E-state index contributed by atoms with van der Waals surface area (Å²) in [5.41, 5.74) is 5.50. The van der Waals surface area contributed by atoms with Crippen molar-refractivity contribution in [2.24, 2.45) is 5.73 Å². The maximum absolute atomic E-state index is 9.11. The van der Waals surface area contributed by atoms with Crippen molar-refractivity contribution in [3.63, 3.8) is 0 Å². The Kier molecular flexibility index (Phi) is 3.98. The molecule has 0 amide bonds. The van der Waals surface area contributed by atoms with Crippen molar-refractivity contribution in [3.05, 3.63) is 0 Å². The van der Waals surface area contributed by atoms with E-state index in [0.717, 1.165) is 32.1 Å². The highest BCUT2D eigenvalue weighted by molar-refractivity contribution is 4.84. The average Bonchev–Trinajstić information content (AvgIpc) is 2.79. The topological polar surface area (TPSA) is 49.5 Å². The fourth-order valence-corrected chi connectivity index (χ4v) is 1.44. The molecule has 12 heavy (non-hydrogen) atoms. The predicted octanol–water partition coefficient (Wildman–Crippen LogP) is 0.180. The Morgan fingerprint density at radius 2 is 2.17 bits per heavy atom. The molecule has 1 aliphatic carbocycles. The fraction of sp³-hybridized carbons (Fsp3) is 1.00. The number of aliphatic hydroxyl groups is 1. The maximum Gasteiger partial charge on any atom is 0.0524 e. The van der Waals surface area contributed by atoms with Gasteiger partial charge in [0.2, 0.25) is 0 Å². The summed E-state index contributed by atoms with van der Waals surface area (Å²) in [6.45, 7) is 4.56. The summed E-state index contributed by atoms with van der Waals surface area (Å²) in [4.78, 5) is 2.40. The third-order valence-corrected chi connectivity index (χ3v) is 2.31. The summed E-state index contributed by atoms with van der Waals surface area (Å²) >= 11 is 0. The van der Waals surface area contributed by atoms with Crippen LogP contribution in [0, 0.1) is 0 Å². The standard InChI is InChI=1S/C9H20N2O/c1-8(12)4-6-11(7-5-10)9-2-3-9/h8-9,12H,2-7,10H2,1H3. The second-order valence-corrected chi connectivity index (χ2v) is 3.69. The van der Waals surface area contributed by atoms with E-state index in [2.05, 4.69) is 4.90 Å². The van der Waals surface area contributed by atoms with Crippen LogP contribution < -0.4 is 5.73 Å². The van der Waals surface area contributed by atoms with E-state index in [0.29, 0.717) is 0 Å². The third kappa shape index (κ3) is 3.52. The SMILES string of the molecule is CC(O)CCN(CCN)C1CC1. The van der Waals surface area contributed by atoms with Gasteiger partial charge in [0, 0.05) is 25.7 Å². The lowest BCUT2D eigenvalue weighted by atomic mass is 10.2. The lowest BCUT2D eigenvalue weighted by Gasteiger charge is -2.21. The van der Waals surface area contributed by atoms with Crippen LogP contribution >= 0.6 is 0 Å². The number of nitrogens with two attached hydrogens (primary N) is 1. The summed E-state index contributed by atoms with van der Waals surface area (Å²) in [6, 6.07) is 0.771. The highest BCUT2D eigenvalue weighted by Crippen LogP contribution is 2.26. The normalized spacial score (nSPS) is 20.0. The van der Waals surface area contributed by atoms with Crippen molar-refractivity contribution >= 4 is 0 Å². The number of nitrogens with zero attached hydrogens (tertiary/aromatic N) is 1. The zero-order chi connectivity index (χ0) is 8.97. The zero-order valence-corrected chi connectivity index (χ0v) is 7.87. The second-order valence-electron chi connectivity index (χ2n) is 3.69. The molecule has 72 valence electrons. The van der Waals surface area contributed by atoms with Crippen LogP contribution in [0.5, 0.6) is 0 Å². The van der Waals surface area contributed by atoms with E-state index in [1.807, 2.05) is 6.92 Å². The monoisotopic (exact) mass is 172 g/mol. The molecule has 1 unspecified atom stereocenters. The number of hydrogen-bond acceptors (Lipinski definition) is 3. The van der Waals surface area contributed by atoms with Crippen LogP contribution in [0.4, 0.5) is 0 Å². The van der Waals surface area contributed by atoms with Gasteiger partial charge in [-0.2, -0.15) is 0 Å². The van der Waals surface area contributed by atoms with Gasteiger partial charge in [-0.25, -0.2) is 0 Å². The Bertz CT molecular complexity index is 124. The van der Waals surface area contributed by atoms with Gasteiger partial charge in [0.1, 0.15) is 0 Å². The minimum absolute atomic E-state index is 0.177. The highest BCUT2D eigenvalue weighted by Gasteiger charge is 2.27. The first kappa shape index (κ1) is 9.96. The molecular formula is C9H20N2O. The minimum atomic E-state index is -0.177. The lowest BCUT2D eigenvalue weighted by Crippen LogP contribution is -2.33. The van der Waals surface area contributed by atoms with E-state index in [9.17, 15) is 0 Å². The van der Waals surface area contributed by atoms with Gasteiger partial charge in [-0.05, 0) is 26.2 Å². The van der Waals surface area contributed by atoms with Crippen molar-refractivity contribution in [3.8, 4) is 0 Å². The van der Waals surface area contributed by atoms with Gasteiger partial charge < -0.3 is 10.8 Å². The van der Waals surface area contributed by atoms with Crippen molar-refractivity contribution < 1.29 is 5.11 Å². The third-order valence-electron chi connectivity index (χ3n) is 2.31. The van der Waals surface area contributed by atoms with Crippen LogP contribution in [0.25, 0.3) is 0 Å². The van der Waals surface area contributed by atoms with E-state index in [-0.39, 0.29) is 6.10 Å². The molecule has 0 heterocycles. The first-order chi connectivity index (χ1) is 5.74. The number of hydrogen-bond donors (Lipinski definition) is 2. The Balaban J connectivity index is 2.13. The van der Waals surface area contributed by atoms with Gasteiger partial charge in [0.05, 0.1) is 6.10 Å². The van der Waals surface area contributed by atoms with E-state index >= 15 is 0 Å². The molecule has 0 aromatic carbocycles. The summed E-state index contributed by atoms with van der Waals surface area (Å²) in [5, 5.41) is 9.11. The zero-order valence-electron chi connectivity index (χ0n) is 7.87. The largest absolute Gasteiger partial charge is 0.393 e. The predicted molar refractivity (Wildman–Crippen MR) is 49.9 cm³/mol. The summed E-state index contributed by atoms with van der Waals surface area (Å²) < 4.78 is 0. The molecule has 0 saturated heterocycles. The fourth-order valence-electron chi connectivity index (χ4n) is 1.44. The van der Waals surface area contributed by atoms with E-state index < -0.39 is 0 Å². The molecule has 0 aromatic heterocycles. The quantitative estimate of drug-likeness (QED) is 0.601. The van der Waals surface area contributed by atoms with E-state index in [1.165, 1.54) is 12.8 Å². The molecule has 0 aromatic rings. The molecule has 0 aliphatic heterocycles. The molecule has 3 N–H and O–H groups in total. The molecule has 3 nitrogen and oxygen atoms in total. The molecule has 1 aliphatic rings. The maximum atomic E-state index is 9.11. The minimum Gasteiger partial charge on any atom is -0.393 e. The van der Waals surface area contributed by atoms with Crippen LogP contribution in [-0.4, -0.2) is 41.8 Å². The number of rotatable bonds is 6. The highest BCUT2D eigenvalue weighted by atomic mass is 16.3. The van der Waals surface area contributed by atoms with Gasteiger partial charge >= 0.3 is 0 Å². The molecule has 1 saturated carbocycles. The summed E-state index contributed by atoms with van der Waals surface area (Å²) in [6.07, 6.45) is 3.33. The molecular weight excluding hydrogens is 152 g/mol. The van der Waals surface area contributed by atoms with Crippen LogP contribution in [0.1, 0.15) is 26.2 Å². The molecule has 3 heteroatoms. The van der Waals surface area contributed by atoms with Crippen molar-refractivity contribution in [2.45, 2.75) is 38.3 Å². The molecule has 1 atom stereocenters. The summed E-state index contributed by atoms with van der Waals surface area (Å²) in [5.74, 6) is 0. The average molecular weight is 172 g/mol. The first-order valence-electron chi connectivity index (χ1n) is 4.86. The number of aliphatic hydroxyl groups excluding tert-OH is 1. The van der Waals surface area contributed by atoms with Gasteiger partial charge in [-0.3, -0.25) is 4.90 Å². The van der Waals surface area contributed by atoms with Crippen molar-refractivity contribution in [2.75, 3.05) is 19.6 Å². The van der Waals surface area contributed by atoms with Gasteiger partial charge in [0.25, 0.3) is 0 Å². The Morgan fingerprint density at radius 1 is 1.50 bits per heavy atom. The van der Waals surface area contributed by atoms with Crippen LogP contribution in [0.15, 0.2) is 0 Å². The molecule has 0 radical (unpaired) electrons. The van der Waals surface area contributed by atoms with Crippen molar-refractivity contribution in [1.82, 2.24) is 4.90 Å². The molecule has 0 bridgehead atoms. The Labute approximate surface area is 74.5 Å². The van der Waals surface area contributed by atoms with Crippen LogP contribution in [-0.2, 0) is 0 Å². The van der Waals surface area contributed by atoms with Crippen molar-refractivity contribution in [1.29, 1.82) is 0 Å². The van der Waals surface area contributed by atoms with Gasteiger partial charge in [-0.15, -0.1) is 0 Å². The molecule has 1 rings (SSSR count). The van der Waals surface area contributed by atoms with Gasteiger partial charge in [-0.1, -0.05) is 0 Å². The second kappa shape index (κ2) is 4.80. The Hall–Kier alpha value is -0.120. The first-order valence-corrected chi connectivity index (χ1v) is 4.86. The molecule has 0 spiro atoms. The van der Waals surface area contributed by atoms with Crippen LogP contribution in [0.2, 0.25) is 0 Å². The van der Waals surface area contributed by atoms with E-state index in [1.54, 1.807) is 0 Å². The smallest absolute Gasteiger partial charge is 0.0524 e. The van der Waals surface area contributed by atoms with E-state index in [4.69, 9.17) is 10.8 Å². The van der Waals surface area contributed by atoms with Crippen LogP contribution in [0.3, 0.4) is 0 Å². The lowest BCUT2D eigenvalue weighted by molar-refractivity contribution is 0.154. The Morgan fingerprint density at radius 3 is 2.58 bits per heavy atom.